The summed E-state index contributed by atoms with van der Waals surface area (Å²) in [6.07, 6.45) is 3.53. The number of aromatic amines is 1. The number of nitriles is 1. The number of hydrogen-bond acceptors (Lipinski definition) is 7. The van der Waals surface area contributed by atoms with Gasteiger partial charge in [-0.25, -0.2) is 14.4 Å². The normalized spacial score (nSPS) is 15.0. The molecule has 0 unspecified atom stereocenters. The minimum atomic E-state index is -0.165. The molecule has 1 aliphatic rings. The van der Waals surface area contributed by atoms with Crippen molar-refractivity contribution in [3.05, 3.63) is 59.8 Å². The van der Waals surface area contributed by atoms with E-state index in [0.717, 1.165) is 36.7 Å². The van der Waals surface area contributed by atoms with Gasteiger partial charge in [0.15, 0.2) is 0 Å². The van der Waals surface area contributed by atoms with Gasteiger partial charge in [-0.15, -0.1) is 0 Å². The molecular weight excluding hydrogens is 431 g/mol. The predicted molar refractivity (Wildman–Crippen MR) is 122 cm³/mol. The Bertz CT molecular complexity index is 1120. The second kappa shape index (κ2) is 11.1. The highest BCUT2D eigenvalue weighted by Gasteiger charge is 2.25. The Labute approximate surface area is 192 Å². The van der Waals surface area contributed by atoms with Crippen molar-refractivity contribution in [2.75, 3.05) is 29.4 Å². The molecule has 1 aliphatic heterocycles. The van der Waals surface area contributed by atoms with Crippen molar-refractivity contribution in [2.45, 2.75) is 19.9 Å². The fourth-order valence-electron chi connectivity index (χ4n) is 3.53. The summed E-state index contributed by atoms with van der Waals surface area (Å²) in [5.41, 5.74) is 2.85. The fourth-order valence-corrected chi connectivity index (χ4v) is 3.53. The summed E-state index contributed by atoms with van der Waals surface area (Å²) in [5.74, 6) is 1.37. The quantitative estimate of drug-likeness (QED) is 0.648. The summed E-state index contributed by atoms with van der Waals surface area (Å²) >= 11 is 0. The van der Waals surface area contributed by atoms with Gasteiger partial charge in [0.05, 0.1) is 6.20 Å². The Morgan fingerprint density at radius 3 is 2.47 bits per heavy atom. The Morgan fingerprint density at radius 2 is 1.91 bits per heavy atom. The first kappa shape index (κ1) is 24.6. The summed E-state index contributed by atoms with van der Waals surface area (Å²) < 4.78 is 13.9. The number of aryl methyl sites for hydroxylation is 1. The second-order valence-electron chi connectivity index (χ2n) is 7.17. The van der Waals surface area contributed by atoms with Crippen molar-refractivity contribution in [3.63, 3.8) is 0 Å². The summed E-state index contributed by atoms with van der Waals surface area (Å²) in [4.78, 5) is 32.5. The average Bonchev–Trinajstić information content (AvgIpc) is 3.26. The molecule has 0 aliphatic carbocycles. The third kappa shape index (κ3) is 5.52. The molecule has 0 bridgehead atoms. The first-order valence-corrected chi connectivity index (χ1v) is 9.65. The van der Waals surface area contributed by atoms with Crippen LogP contribution in [0.25, 0.3) is 11.4 Å². The molecule has 1 N–H and O–H groups in total. The molecule has 32 heavy (non-hydrogen) atoms. The standard InChI is InChI=1S/C21H21FN6.CO2.H2S/c1-14-3-5-18(9-19(14)22)27-7-8-28(15(2)13-27)20-6-4-16(11-24-20)21-25-12-17(10-23)26-21;2-1-3;/h3-6,9,11-12,15H,7-8,13H2,1-2H3,(H,25,26);;1H2/t15-;;/m0../s1. The van der Waals surface area contributed by atoms with Crippen molar-refractivity contribution in [3.8, 4) is 17.5 Å². The molecule has 3 aromatic rings. The number of piperazine rings is 1. The number of hydrogen-bond donors (Lipinski definition) is 1. The molecule has 1 saturated heterocycles. The molecule has 0 spiro atoms. The molecule has 0 saturated carbocycles. The SMILES string of the molecule is Cc1ccc(N2CCN(c3ccc(-c4ncc(C#N)[nH]4)cn3)[C@@H](C)C2)cc1F.O=C=O.S. The van der Waals surface area contributed by atoms with Crippen LogP contribution in [0.2, 0.25) is 0 Å². The van der Waals surface area contributed by atoms with Crippen LogP contribution in [0.15, 0.2) is 42.7 Å². The molecule has 3 heterocycles. The van der Waals surface area contributed by atoms with Gasteiger partial charge < -0.3 is 14.8 Å². The lowest BCUT2D eigenvalue weighted by Gasteiger charge is -2.41. The Kier molecular flexibility index (Phi) is 8.53. The van der Waals surface area contributed by atoms with Gasteiger partial charge in [0.1, 0.15) is 29.2 Å². The Hall–Kier alpha value is -3.67. The lowest BCUT2D eigenvalue weighted by molar-refractivity contribution is -0.191. The highest BCUT2D eigenvalue weighted by Crippen LogP contribution is 2.25. The number of anilines is 2. The maximum absolute atomic E-state index is 13.9. The lowest BCUT2D eigenvalue weighted by Crippen LogP contribution is -2.52. The van der Waals surface area contributed by atoms with E-state index in [1.54, 1.807) is 19.2 Å². The van der Waals surface area contributed by atoms with E-state index >= 15 is 0 Å². The number of pyridine rings is 1. The molecule has 1 aromatic carbocycles. The van der Waals surface area contributed by atoms with Gasteiger partial charge in [-0.3, -0.25) is 0 Å². The van der Waals surface area contributed by atoms with Gasteiger partial charge >= 0.3 is 6.15 Å². The zero-order chi connectivity index (χ0) is 22.4. The zero-order valence-electron chi connectivity index (χ0n) is 17.7. The maximum Gasteiger partial charge on any atom is 0.373 e. The predicted octanol–water partition coefficient (Wildman–Crippen LogP) is 3.04. The second-order valence-corrected chi connectivity index (χ2v) is 7.17. The summed E-state index contributed by atoms with van der Waals surface area (Å²) in [6, 6.07) is 11.6. The van der Waals surface area contributed by atoms with E-state index in [1.807, 2.05) is 30.3 Å². The minimum absolute atomic E-state index is 0. The highest BCUT2D eigenvalue weighted by atomic mass is 32.1. The molecule has 1 fully saturated rings. The van der Waals surface area contributed by atoms with Crippen LogP contribution in [0.5, 0.6) is 0 Å². The van der Waals surface area contributed by atoms with E-state index in [1.165, 1.54) is 6.20 Å². The van der Waals surface area contributed by atoms with E-state index in [0.29, 0.717) is 17.1 Å². The Morgan fingerprint density at radius 1 is 1.16 bits per heavy atom. The summed E-state index contributed by atoms with van der Waals surface area (Å²) in [5, 5.41) is 8.91. The van der Waals surface area contributed by atoms with Gasteiger partial charge in [-0.1, -0.05) is 6.07 Å². The molecule has 0 radical (unpaired) electrons. The van der Waals surface area contributed by atoms with E-state index < -0.39 is 0 Å². The first-order chi connectivity index (χ1) is 15.0. The van der Waals surface area contributed by atoms with Crippen molar-refractivity contribution in [2.24, 2.45) is 0 Å². The number of nitrogens with zero attached hydrogens (tertiary/aromatic N) is 5. The van der Waals surface area contributed by atoms with Crippen molar-refractivity contribution in [1.29, 1.82) is 5.26 Å². The number of halogens is 1. The molecule has 0 amide bonds. The highest BCUT2D eigenvalue weighted by molar-refractivity contribution is 7.59. The molecule has 1 atom stereocenters. The van der Waals surface area contributed by atoms with E-state index in [4.69, 9.17) is 14.9 Å². The average molecular weight is 455 g/mol. The third-order valence-corrected chi connectivity index (χ3v) is 5.16. The van der Waals surface area contributed by atoms with Crippen molar-refractivity contribution < 1.29 is 14.0 Å². The van der Waals surface area contributed by atoms with Gasteiger partial charge in [-0.2, -0.15) is 28.3 Å². The number of carbonyl (C=O) groups excluding carboxylic acids is 2. The van der Waals surface area contributed by atoms with Crippen LogP contribution in [-0.2, 0) is 9.59 Å². The third-order valence-electron chi connectivity index (χ3n) is 5.16. The van der Waals surface area contributed by atoms with E-state index in [9.17, 15) is 4.39 Å². The maximum atomic E-state index is 13.9. The first-order valence-electron chi connectivity index (χ1n) is 9.65. The molecule has 10 heteroatoms. The van der Waals surface area contributed by atoms with Crippen LogP contribution >= 0.6 is 13.5 Å². The topological polar surface area (TPSA) is 106 Å². The van der Waals surface area contributed by atoms with Gasteiger partial charge in [0, 0.05) is 43.1 Å². The number of H-pyrrole nitrogens is 1. The molecular formula is C22H23FN6O2S. The van der Waals surface area contributed by atoms with Crippen LogP contribution in [-0.4, -0.2) is 46.8 Å². The largest absolute Gasteiger partial charge is 0.373 e. The lowest BCUT2D eigenvalue weighted by atomic mass is 10.1. The van der Waals surface area contributed by atoms with Crippen molar-refractivity contribution in [1.82, 2.24) is 15.0 Å². The number of benzene rings is 1. The number of rotatable bonds is 3. The summed E-state index contributed by atoms with van der Waals surface area (Å²) in [6.45, 7) is 6.34. The van der Waals surface area contributed by atoms with Gasteiger partial charge in [0.2, 0.25) is 0 Å². The van der Waals surface area contributed by atoms with Crippen LogP contribution in [0.3, 0.4) is 0 Å². The van der Waals surface area contributed by atoms with Gasteiger partial charge in [0.25, 0.3) is 0 Å². The fraction of sp³-hybridized carbons (Fsp3) is 0.273. The zero-order valence-corrected chi connectivity index (χ0v) is 18.7. The molecule has 4 rings (SSSR count). The van der Waals surface area contributed by atoms with Crippen LogP contribution in [0.4, 0.5) is 15.9 Å². The van der Waals surface area contributed by atoms with Crippen LogP contribution in [0.1, 0.15) is 18.2 Å². The number of nitrogens with one attached hydrogen (secondary N) is 1. The number of imidazole rings is 1. The summed E-state index contributed by atoms with van der Waals surface area (Å²) in [7, 11) is 0. The van der Waals surface area contributed by atoms with Crippen molar-refractivity contribution >= 4 is 31.2 Å². The van der Waals surface area contributed by atoms with E-state index in [2.05, 4.69) is 31.7 Å². The van der Waals surface area contributed by atoms with Crippen LogP contribution in [0, 0.1) is 24.1 Å². The molecule has 166 valence electrons. The minimum Gasteiger partial charge on any atom is -0.368 e. The smallest absolute Gasteiger partial charge is 0.368 e. The molecule has 2 aromatic heterocycles. The molecule has 8 nitrogen and oxygen atoms in total. The van der Waals surface area contributed by atoms with Gasteiger partial charge in [-0.05, 0) is 43.7 Å². The monoisotopic (exact) mass is 454 g/mol. The Balaban J connectivity index is 0.000000860. The number of aromatic nitrogens is 3. The van der Waals surface area contributed by atoms with Crippen LogP contribution < -0.4 is 9.80 Å². The van der Waals surface area contributed by atoms with E-state index in [-0.39, 0.29) is 31.5 Å².